The van der Waals surface area contributed by atoms with Gasteiger partial charge in [-0.05, 0) is 24.6 Å². The van der Waals surface area contributed by atoms with Gasteiger partial charge in [0.25, 0.3) is 5.91 Å². The molecule has 1 fully saturated rings. The maximum atomic E-state index is 13.5. The third-order valence-corrected chi connectivity index (χ3v) is 4.10. The summed E-state index contributed by atoms with van der Waals surface area (Å²) in [6.45, 7) is 0.389. The van der Waals surface area contributed by atoms with Crippen LogP contribution in [0.4, 0.5) is 10.1 Å². The predicted molar refractivity (Wildman–Crippen MR) is 79.5 cm³/mol. The largest absolute Gasteiger partial charge is 0.339 e. The molecule has 0 saturated carbocycles. The minimum Gasteiger partial charge on any atom is -0.339 e. The summed E-state index contributed by atoms with van der Waals surface area (Å²) in [5, 5.41) is 2.61. The van der Waals surface area contributed by atoms with Gasteiger partial charge in [-0.3, -0.25) is 9.59 Å². The normalized spacial score (nSPS) is 17.8. The van der Waals surface area contributed by atoms with Crippen LogP contribution in [0.1, 0.15) is 16.9 Å². The molecule has 114 valence electrons. The Labute approximate surface area is 134 Å². The highest BCUT2D eigenvalue weighted by Gasteiger charge is 2.34. The summed E-state index contributed by atoms with van der Waals surface area (Å²) < 4.78 is 21.0. The lowest BCUT2D eigenvalue weighted by Crippen LogP contribution is -2.41. The highest BCUT2D eigenvalue weighted by atomic mass is 35.5. The van der Waals surface area contributed by atoms with Crippen LogP contribution < -0.4 is 10.2 Å². The van der Waals surface area contributed by atoms with Gasteiger partial charge in [0, 0.05) is 12.2 Å². The Kier molecular flexibility index (Phi) is 4.04. The van der Waals surface area contributed by atoms with Gasteiger partial charge in [0.05, 0.1) is 22.9 Å². The molecule has 1 aromatic heterocycles. The van der Waals surface area contributed by atoms with Crippen molar-refractivity contribution in [3.63, 3.8) is 0 Å². The average molecular weight is 341 g/mol. The molecule has 0 radical (unpaired) electrons. The van der Waals surface area contributed by atoms with E-state index >= 15 is 0 Å². The van der Waals surface area contributed by atoms with E-state index in [0.717, 1.165) is 11.7 Å². The van der Waals surface area contributed by atoms with Crippen molar-refractivity contribution in [1.82, 2.24) is 14.1 Å². The number of hydrogen-bond donors (Lipinski definition) is 1. The van der Waals surface area contributed by atoms with Gasteiger partial charge in [-0.25, -0.2) is 4.39 Å². The number of anilines is 1. The highest BCUT2D eigenvalue weighted by Crippen LogP contribution is 2.25. The lowest BCUT2D eigenvalue weighted by molar-refractivity contribution is -0.118. The molecule has 2 aromatic rings. The van der Waals surface area contributed by atoms with E-state index < -0.39 is 17.8 Å². The van der Waals surface area contributed by atoms with Crippen molar-refractivity contribution < 1.29 is 14.0 Å². The number of carbonyl (C=O) groups is 2. The van der Waals surface area contributed by atoms with Crippen LogP contribution in [0, 0.1) is 5.82 Å². The van der Waals surface area contributed by atoms with E-state index in [1.807, 2.05) is 0 Å². The summed E-state index contributed by atoms with van der Waals surface area (Å²) in [4.78, 5) is 25.6. The van der Waals surface area contributed by atoms with E-state index in [9.17, 15) is 14.0 Å². The van der Waals surface area contributed by atoms with Gasteiger partial charge >= 0.3 is 0 Å². The number of amides is 2. The number of nitrogens with one attached hydrogen (secondary N) is 1. The zero-order valence-corrected chi connectivity index (χ0v) is 12.7. The first-order chi connectivity index (χ1) is 10.6. The molecule has 1 N–H and O–H groups in total. The molecular weight excluding hydrogens is 331 g/mol. The number of benzene rings is 1. The minimum atomic E-state index is -0.659. The minimum absolute atomic E-state index is 0.00344. The number of carbonyl (C=O) groups excluding carboxylic acids is 2. The van der Waals surface area contributed by atoms with Crippen molar-refractivity contribution in [3.05, 3.63) is 40.9 Å². The van der Waals surface area contributed by atoms with E-state index in [4.69, 9.17) is 11.6 Å². The second kappa shape index (κ2) is 5.98. The van der Waals surface area contributed by atoms with Gasteiger partial charge in [0.2, 0.25) is 5.91 Å². The molecule has 3 rings (SSSR count). The zero-order chi connectivity index (χ0) is 15.7. The summed E-state index contributed by atoms with van der Waals surface area (Å²) in [5.41, 5.74) is 0.591. The quantitative estimate of drug-likeness (QED) is 0.925. The maximum absolute atomic E-state index is 13.5. The van der Waals surface area contributed by atoms with Crippen LogP contribution in [0.15, 0.2) is 24.4 Å². The van der Waals surface area contributed by atoms with E-state index in [1.165, 1.54) is 23.2 Å². The molecule has 22 heavy (non-hydrogen) atoms. The molecule has 0 unspecified atom stereocenters. The Morgan fingerprint density at radius 1 is 1.50 bits per heavy atom. The summed E-state index contributed by atoms with van der Waals surface area (Å²) in [5.74, 6) is -1.33. The number of halogens is 2. The van der Waals surface area contributed by atoms with E-state index in [1.54, 1.807) is 6.07 Å². The Balaban J connectivity index is 1.72. The SMILES string of the molecule is O=C(N[C@@H]1CCN(c2ccc(Cl)c(F)c2)C1=O)c1cnsn1. The molecular formula is C13H10ClFN4O2S. The van der Waals surface area contributed by atoms with Gasteiger partial charge in [-0.1, -0.05) is 11.6 Å². The topological polar surface area (TPSA) is 75.2 Å². The molecule has 9 heteroatoms. The van der Waals surface area contributed by atoms with Crippen LogP contribution in [0.5, 0.6) is 0 Å². The summed E-state index contributed by atoms with van der Waals surface area (Å²) in [6, 6.07) is 3.51. The van der Waals surface area contributed by atoms with E-state index in [0.29, 0.717) is 18.7 Å². The number of hydrogen-bond acceptors (Lipinski definition) is 5. The highest BCUT2D eigenvalue weighted by molar-refractivity contribution is 6.99. The standard InChI is InChI=1S/C13H10ClFN4O2S/c14-8-2-1-7(5-9(8)15)19-4-3-10(13(19)21)17-12(20)11-6-16-22-18-11/h1-2,5-6,10H,3-4H2,(H,17,20)/t10-/m1/s1. The van der Waals surface area contributed by atoms with Crippen LogP contribution in [0.2, 0.25) is 5.02 Å². The van der Waals surface area contributed by atoms with Crippen molar-refractivity contribution in [2.45, 2.75) is 12.5 Å². The third-order valence-electron chi connectivity index (χ3n) is 3.32. The fraction of sp³-hybridized carbons (Fsp3) is 0.231. The van der Waals surface area contributed by atoms with Crippen LogP contribution in [-0.4, -0.2) is 33.1 Å². The zero-order valence-electron chi connectivity index (χ0n) is 11.1. The molecule has 1 aromatic carbocycles. The molecule has 1 aliphatic heterocycles. The van der Waals surface area contributed by atoms with Crippen LogP contribution in [-0.2, 0) is 4.79 Å². The lowest BCUT2D eigenvalue weighted by atomic mass is 10.2. The van der Waals surface area contributed by atoms with Crippen molar-refractivity contribution in [2.75, 3.05) is 11.4 Å². The predicted octanol–water partition coefficient (Wildman–Crippen LogP) is 1.87. The van der Waals surface area contributed by atoms with Gasteiger partial charge in [-0.15, -0.1) is 0 Å². The molecule has 0 aliphatic carbocycles. The van der Waals surface area contributed by atoms with Gasteiger partial charge in [-0.2, -0.15) is 8.75 Å². The van der Waals surface area contributed by atoms with E-state index in [-0.39, 0.29) is 16.6 Å². The second-order valence-electron chi connectivity index (χ2n) is 4.70. The molecule has 6 nitrogen and oxygen atoms in total. The summed E-state index contributed by atoms with van der Waals surface area (Å²) >= 11 is 6.55. The first kappa shape index (κ1) is 14.9. The molecule has 2 heterocycles. The van der Waals surface area contributed by atoms with Crippen LogP contribution >= 0.6 is 23.3 Å². The van der Waals surface area contributed by atoms with Crippen molar-refractivity contribution in [2.24, 2.45) is 0 Å². The second-order valence-corrected chi connectivity index (χ2v) is 5.66. The third kappa shape index (κ3) is 2.79. The van der Waals surface area contributed by atoms with Gasteiger partial charge in [0.15, 0.2) is 5.69 Å². The monoisotopic (exact) mass is 340 g/mol. The fourth-order valence-corrected chi connectivity index (χ4v) is 2.75. The summed E-state index contributed by atoms with van der Waals surface area (Å²) in [7, 11) is 0. The Hall–Kier alpha value is -2.06. The molecule has 0 spiro atoms. The lowest BCUT2D eigenvalue weighted by Gasteiger charge is -2.17. The molecule has 0 bridgehead atoms. The van der Waals surface area contributed by atoms with Gasteiger partial charge < -0.3 is 10.2 Å². The first-order valence-corrected chi connectivity index (χ1v) is 7.52. The molecule has 1 saturated heterocycles. The molecule has 2 amide bonds. The number of aromatic nitrogens is 2. The van der Waals surface area contributed by atoms with E-state index in [2.05, 4.69) is 14.1 Å². The maximum Gasteiger partial charge on any atom is 0.273 e. The number of rotatable bonds is 3. The van der Waals surface area contributed by atoms with Crippen molar-refractivity contribution in [3.8, 4) is 0 Å². The average Bonchev–Trinajstić information content (AvgIpc) is 3.13. The van der Waals surface area contributed by atoms with Crippen LogP contribution in [0.25, 0.3) is 0 Å². The smallest absolute Gasteiger partial charge is 0.273 e. The van der Waals surface area contributed by atoms with Crippen molar-refractivity contribution in [1.29, 1.82) is 0 Å². The summed E-state index contributed by atoms with van der Waals surface area (Å²) in [6.07, 6.45) is 1.78. The first-order valence-electron chi connectivity index (χ1n) is 6.41. The fourth-order valence-electron chi connectivity index (χ4n) is 2.22. The van der Waals surface area contributed by atoms with Gasteiger partial charge in [0.1, 0.15) is 11.9 Å². The molecule has 1 atom stereocenters. The number of nitrogens with zero attached hydrogens (tertiary/aromatic N) is 3. The van der Waals surface area contributed by atoms with Crippen molar-refractivity contribution >= 4 is 40.8 Å². The Morgan fingerprint density at radius 2 is 2.32 bits per heavy atom. The Bertz CT molecular complexity index is 725. The Morgan fingerprint density at radius 3 is 3.00 bits per heavy atom. The molecule has 1 aliphatic rings. The van der Waals surface area contributed by atoms with Crippen LogP contribution in [0.3, 0.4) is 0 Å².